The highest BCUT2D eigenvalue weighted by atomic mass is 32.1. The number of hydrogen-bond donors (Lipinski definition) is 0. The lowest BCUT2D eigenvalue weighted by Gasteiger charge is -2.33. The maximum absolute atomic E-state index is 2.97. The molecule has 0 amide bonds. The Labute approximate surface area is 387 Å². The molecule has 10 aromatic carbocycles. The van der Waals surface area contributed by atoms with E-state index in [2.05, 4.69) is 252 Å². The highest BCUT2D eigenvalue weighted by Crippen LogP contribution is 2.47. The Hall–Kier alpha value is -7.54. The second-order valence-corrected chi connectivity index (χ2v) is 22.7. The number of para-hydroxylation sites is 2. The summed E-state index contributed by atoms with van der Waals surface area (Å²) in [5.41, 5.74) is 9.45. The first-order valence-corrected chi connectivity index (χ1v) is 25.8. The van der Waals surface area contributed by atoms with Crippen molar-refractivity contribution in [2.75, 3.05) is 9.80 Å². The van der Waals surface area contributed by atoms with Crippen LogP contribution in [0.2, 0.25) is 0 Å². The average Bonchev–Trinajstić information content (AvgIpc) is 4.03. The molecule has 3 heterocycles. The summed E-state index contributed by atoms with van der Waals surface area (Å²) in [6.07, 6.45) is 0. The number of hydrogen-bond acceptors (Lipinski definition) is 4. The summed E-state index contributed by atoms with van der Waals surface area (Å²) in [4.78, 5) is 4.96. The minimum atomic E-state index is -2.97. The van der Waals surface area contributed by atoms with Crippen molar-refractivity contribution >= 4 is 126 Å². The predicted molar refractivity (Wildman–Crippen MR) is 284 cm³/mol. The molecule has 0 atom stereocenters. The first kappa shape index (κ1) is 38.0. The SMILES string of the molecule is c1ccc(N(c2ccc3c(c2)[Si](c2ccccc2)(c2ccccc2)c2cccc(N(c4ccccc4)c4ccc5sc6ccccc6c5c4)c2-3)c2ccc3c(c2)sc2ccccc23)cc1. The molecule has 306 valence electrons. The number of anilines is 6. The number of rotatable bonds is 8. The lowest BCUT2D eigenvalue weighted by molar-refractivity contribution is 1.29. The van der Waals surface area contributed by atoms with E-state index in [-0.39, 0.29) is 0 Å². The first-order valence-electron chi connectivity index (χ1n) is 22.2. The Morgan fingerprint density at radius 3 is 1.46 bits per heavy atom. The number of fused-ring (bicyclic) bond motifs is 9. The molecule has 0 unspecified atom stereocenters. The van der Waals surface area contributed by atoms with Crippen molar-refractivity contribution in [2.24, 2.45) is 0 Å². The van der Waals surface area contributed by atoms with Crippen molar-refractivity contribution in [3.63, 3.8) is 0 Å². The molecule has 0 spiro atoms. The van der Waals surface area contributed by atoms with Gasteiger partial charge in [-0.05, 0) is 111 Å². The number of thiophene rings is 2. The molecule has 2 nitrogen and oxygen atoms in total. The van der Waals surface area contributed by atoms with E-state index in [1.807, 2.05) is 22.7 Å². The predicted octanol–water partition coefficient (Wildman–Crippen LogP) is 14.7. The third kappa shape index (κ3) is 5.97. The van der Waals surface area contributed by atoms with Gasteiger partial charge < -0.3 is 9.80 Å². The standard InChI is InChI=1S/C60H40N2S2Si/c1-5-18-41(19-6-1)61(44-32-35-50-48-26-13-15-29-54(48)64-57(50)39-44)45-33-36-51-59(40-45)65(46-22-9-3-10-23-46,47-24-11-4-12-25-47)58-31-17-28-53(60(51)58)62(42-20-7-2-8-21-42)43-34-37-56-52(38-43)49-27-14-16-30-55(49)63-56/h1-40H. The van der Waals surface area contributed by atoms with Crippen LogP contribution in [0.3, 0.4) is 0 Å². The van der Waals surface area contributed by atoms with Gasteiger partial charge in [0.1, 0.15) is 0 Å². The van der Waals surface area contributed by atoms with Crippen LogP contribution >= 0.6 is 22.7 Å². The van der Waals surface area contributed by atoms with Gasteiger partial charge in [0.05, 0.1) is 5.69 Å². The van der Waals surface area contributed by atoms with Crippen LogP contribution in [0.5, 0.6) is 0 Å². The van der Waals surface area contributed by atoms with E-state index in [9.17, 15) is 0 Å². The minimum Gasteiger partial charge on any atom is -0.310 e. The van der Waals surface area contributed by atoms with Crippen LogP contribution in [0.1, 0.15) is 0 Å². The maximum atomic E-state index is 2.55. The van der Waals surface area contributed by atoms with E-state index in [0.717, 1.165) is 28.4 Å². The Kier molecular flexibility index (Phi) is 8.95. The fraction of sp³-hybridized carbons (Fsp3) is 0. The zero-order valence-electron chi connectivity index (χ0n) is 35.3. The normalized spacial score (nSPS) is 12.7. The van der Waals surface area contributed by atoms with Crippen LogP contribution in [0, 0.1) is 0 Å². The fourth-order valence-electron chi connectivity index (χ4n) is 10.6. The molecule has 0 fully saturated rings. The molecule has 0 saturated heterocycles. The number of nitrogens with zero attached hydrogens (tertiary/aromatic N) is 2. The summed E-state index contributed by atoms with van der Waals surface area (Å²) in [7, 11) is -2.97. The Bertz CT molecular complexity index is 3690. The highest BCUT2D eigenvalue weighted by Gasteiger charge is 2.50. The topological polar surface area (TPSA) is 6.48 Å². The van der Waals surface area contributed by atoms with Gasteiger partial charge in [0.15, 0.2) is 8.07 Å². The summed E-state index contributed by atoms with van der Waals surface area (Å²) in [5.74, 6) is 0. The zero-order chi connectivity index (χ0) is 42.9. The Balaban J connectivity index is 1.09. The molecule has 65 heavy (non-hydrogen) atoms. The first-order chi connectivity index (χ1) is 32.2. The van der Waals surface area contributed by atoms with E-state index in [4.69, 9.17) is 0 Å². The molecule has 13 rings (SSSR count). The molecule has 0 bridgehead atoms. The van der Waals surface area contributed by atoms with Gasteiger partial charge in [0.25, 0.3) is 0 Å². The van der Waals surface area contributed by atoms with E-state index >= 15 is 0 Å². The maximum Gasteiger partial charge on any atom is 0.181 e. The van der Waals surface area contributed by atoms with Gasteiger partial charge in [-0.15, -0.1) is 22.7 Å². The van der Waals surface area contributed by atoms with Gasteiger partial charge in [-0.25, -0.2) is 0 Å². The average molecular weight is 881 g/mol. The quantitative estimate of drug-likeness (QED) is 0.140. The van der Waals surface area contributed by atoms with E-state index in [1.165, 1.54) is 77.9 Å². The van der Waals surface area contributed by atoms with Gasteiger partial charge in [0, 0.05) is 74.3 Å². The largest absolute Gasteiger partial charge is 0.310 e. The van der Waals surface area contributed by atoms with Crippen molar-refractivity contribution in [2.45, 2.75) is 0 Å². The molecule has 12 aromatic rings. The fourth-order valence-corrected chi connectivity index (χ4v) is 18.0. The summed E-state index contributed by atoms with van der Waals surface area (Å²) >= 11 is 3.73. The van der Waals surface area contributed by atoms with Crippen LogP contribution in [0.4, 0.5) is 34.1 Å². The smallest absolute Gasteiger partial charge is 0.181 e. The molecule has 0 aliphatic carbocycles. The third-order valence-electron chi connectivity index (χ3n) is 13.3. The number of benzene rings is 10. The molecule has 0 radical (unpaired) electrons. The molecule has 1 aliphatic rings. The van der Waals surface area contributed by atoms with E-state index in [0.29, 0.717) is 0 Å². The summed E-state index contributed by atoms with van der Waals surface area (Å²) in [6, 6.07) is 90.6. The van der Waals surface area contributed by atoms with E-state index in [1.54, 1.807) is 0 Å². The lowest BCUT2D eigenvalue weighted by atomic mass is 10.0. The molecule has 5 heteroatoms. The highest BCUT2D eigenvalue weighted by molar-refractivity contribution is 7.26. The summed E-state index contributed by atoms with van der Waals surface area (Å²) < 4.78 is 5.21. The van der Waals surface area contributed by atoms with Crippen LogP contribution in [-0.2, 0) is 0 Å². The summed E-state index contributed by atoms with van der Waals surface area (Å²) in [6.45, 7) is 0. The summed E-state index contributed by atoms with van der Waals surface area (Å²) in [5, 5.41) is 10.7. The van der Waals surface area contributed by atoms with Gasteiger partial charge in [-0.2, -0.15) is 0 Å². The monoisotopic (exact) mass is 880 g/mol. The van der Waals surface area contributed by atoms with Crippen LogP contribution in [0.25, 0.3) is 51.5 Å². The molecular formula is C60H40N2S2Si. The molecular weight excluding hydrogens is 841 g/mol. The van der Waals surface area contributed by atoms with Crippen LogP contribution in [-0.4, -0.2) is 8.07 Å². The van der Waals surface area contributed by atoms with Gasteiger partial charge >= 0.3 is 0 Å². The van der Waals surface area contributed by atoms with Gasteiger partial charge in [-0.1, -0.05) is 158 Å². The Morgan fingerprint density at radius 2 is 0.785 bits per heavy atom. The second-order valence-electron chi connectivity index (χ2n) is 16.8. The van der Waals surface area contributed by atoms with Gasteiger partial charge in [0.2, 0.25) is 0 Å². The van der Waals surface area contributed by atoms with Gasteiger partial charge in [-0.3, -0.25) is 0 Å². The van der Waals surface area contributed by atoms with Crippen LogP contribution in [0.15, 0.2) is 243 Å². The zero-order valence-corrected chi connectivity index (χ0v) is 37.9. The minimum absolute atomic E-state index is 1.13. The van der Waals surface area contributed by atoms with E-state index < -0.39 is 8.07 Å². The third-order valence-corrected chi connectivity index (χ3v) is 20.4. The second kappa shape index (κ2) is 15.3. The molecule has 1 aliphatic heterocycles. The van der Waals surface area contributed by atoms with Crippen molar-refractivity contribution < 1.29 is 0 Å². The van der Waals surface area contributed by atoms with Crippen molar-refractivity contribution in [1.29, 1.82) is 0 Å². The van der Waals surface area contributed by atoms with Crippen molar-refractivity contribution in [1.82, 2.24) is 0 Å². The van der Waals surface area contributed by atoms with Crippen LogP contribution < -0.4 is 30.5 Å². The molecule has 2 aromatic heterocycles. The molecule has 0 saturated carbocycles. The van der Waals surface area contributed by atoms with Crippen molar-refractivity contribution in [3.05, 3.63) is 243 Å². The lowest BCUT2D eigenvalue weighted by Crippen LogP contribution is -2.72. The van der Waals surface area contributed by atoms with Crippen molar-refractivity contribution in [3.8, 4) is 11.1 Å². The Morgan fingerprint density at radius 1 is 0.292 bits per heavy atom. The molecule has 0 N–H and O–H groups in total.